The van der Waals surface area contributed by atoms with Crippen molar-refractivity contribution in [2.24, 2.45) is 0 Å². The maximum atomic E-state index is 5.10. The Morgan fingerprint density at radius 3 is 2.79 bits per heavy atom. The van der Waals surface area contributed by atoms with Gasteiger partial charge in [-0.1, -0.05) is 35.5 Å². The number of hydrogen-bond acceptors (Lipinski definition) is 3. The summed E-state index contributed by atoms with van der Waals surface area (Å²) < 4.78 is 5.10. The number of nitrogens with one attached hydrogen (secondary N) is 1. The number of benzene rings is 1. The van der Waals surface area contributed by atoms with Gasteiger partial charge in [0, 0.05) is 18.2 Å². The maximum absolute atomic E-state index is 5.10. The minimum Gasteiger partial charge on any atom is -0.354 e. The van der Waals surface area contributed by atoms with Crippen LogP contribution in [0.5, 0.6) is 0 Å². The van der Waals surface area contributed by atoms with Crippen LogP contribution < -0.4 is 5.32 Å². The highest BCUT2D eigenvalue weighted by Crippen LogP contribution is 2.20. The zero-order valence-electron chi connectivity index (χ0n) is 8.03. The van der Waals surface area contributed by atoms with Crippen molar-refractivity contribution in [3.05, 3.63) is 36.4 Å². The first-order valence-electron chi connectivity index (χ1n) is 4.66. The van der Waals surface area contributed by atoms with E-state index in [1.54, 1.807) is 0 Å². The van der Waals surface area contributed by atoms with E-state index in [9.17, 15) is 0 Å². The van der Waals surface area contributed by atoms with Crippen molar-refractivity contribution < 1.29 is 4.52 Å². The largest absolute Gasteiger partial charge is 0.354 e. The molecule has 0 aliphatic rings. The summed E-state index contributed by atoms with van der Waals surface area (Å²) in [4.78, 5) is 0. The molecule has 0 aliphatic carbocycles. The summed E-state index contributed by atoms with van der Waals surface area (Å²) in [5.41, 5.74) is 1.93. The predicted molar refractivity (Wildman–Crippen MR) is 56.1 cm³/mol. The fraction of sp³-hybridized carbons (Fsp3) is 0.182. The Morgan fingerprint density at radius 2 is 2.07 bits per heavy atom. The van der Waals surface area contributed by atoms with Crippen LogP contribution in [0.15, 0.2) is 40.9 Å². The van der Waals surface area contributed by atoms with Gasteiger partial charge in [0.15, 0.2) is 0 Å². The van der Waals surface area contributed by atoms with Gasteiger partial charge in [0.2, 0.25) is 5.88 Å². The molecule has 0 radical (unpaired) electrons. The van der Waals surface area contributed by atoms with E-state index >= 15 is 0 Å². The standard InChI is InChI=1S/C11H12N2O/c1-2-12-11-8-10(13-14-11)9-6-4-3-5-7-9/h3-8,12H,2H2,1H3. The van der Waals surface area contributed by atoms with E-state index < -0.39 is 0 Å². The maximum Gasteiger partial charge on any atom is 0.225 e. The fourth-order valence-electron chi connectivity index (χ4n) is 1.28. The Balaban J connectivity index is 2.25. The summed E-state index contributed by atoms with van der Waals surface area (Å²) in [6, 6.07) is 11.9. The van der Waals surface area contributed by atoms with Crippen LogP contribution in [0.2, 0.25) is 0 Å². The molecule has 0 bridgehead atoms. The summed E-state index contributed by atoms with van der Waals surface area (Å²) in [7, 11) is 0. The van der Waals surface area contributed by atoms with E-state index in [0.717, 1.165) is 17.8 Å². The van der Waals surface area contributed by atoms with Gasteiger partial charge in [-0.3, -0.25) is 0 Å². The number of anilines is 1. The van der Waals surface area contributed by atoms with Crippen molar-refractivity contribution in [2.75, 3.05) is 11.9 Å². The zero-order valence-corrected chi connectivity index (χ0v) is 8.03. The molecule has 14 heavy (non-hydrogen) atoms. The molecule has 0 spiro atoms. The first-order chi connectivity index (χ1) is 6.90. The monoisotopic (exact) mass is 188 g/mol. The van der Waals surface area contributed by atoms with Crippen LogP contribution in [0, 0.1) is 0 Å². The fourth-order valence-corrected chi connectivity index (χ4v) is 1.28. The van der Waals surface area contributed by atoms with Crippen LogP contribution in [0.25, 0.3) is 11.3 Å². The summed E-state index contributed by atoms with van der Waals surface area (Å²) in [6.45, 7) is 2.86. The molecule has 1 aromatic heterocycles. The second kappa shape index (κ2) is 3.96. The summed E-state index contributed by atoms with van der Waals surface area (Å²) >= 11 is 0. The van der Waals surface area contributed by atoms with E-state index in [-0.39, 0.29) is 0 Å². The van der Waals surface area contributed by atoms with Gasteiger partial charge in [-0.25, -0.2) is 0 Å². The Labute approximate surface area is 82.7 Å². The van der Waals surface area contributed by atoms with Gasteiger partial charge < -0.3 is 9.84 Å². The van der Waals surface area contributed by atoms with E-state index in [1.807, 2.05) is 43.3 Å². The Morgan fingerprint density at radius 1 is 1.29 bits per heavy atom. The van der Waals surface area contributed by atoms with Crippen LogP contribution in [-0.2, 0) is 0 Å². The molecule has 0 atom stereocenters. The lowest BCUT2D eigenvalue weighted by Gasteiger charge is -1.92. The Kier molecular flexibility index (Phi) is 2.49. The molecule has 72 valence electrons. The minimum absolute atomic E-state index is 0.714. The molecule has 2 aromatic rings. The van der Waals surface area contributed by atoms with Gasteiger partial charge >= 0.3 is 0 Å². The van der Waals surface area contributed by atoms with Gasteiger partial charge in [0.25, 0.3) is 0 Å². The zero-order chi connectivity index (χ0) is 9.80. The molecular weight excluding hydrogens is 176 g/mol. The second-order valence-electron chi connectivity index (χ2n) is 2.97. The molecule has 0 saturated heterocycles. The van der Waals surface area contributed by atoms with Gasteiger partial charge in [-0.2, -0.15) is 0 Å². The van der Waals surface area contributed by atoms with Crippen LogP contribution >= 0.6 is 0 Å². The molecule has 3 heteroatoms. The van der Waals surface area contributed by atoms with Gasteiger partial charge in [-0.15, -0.1) is 0 Å². The average Bonchev–Trinajstić information content (AvgIpc) is 2.68. The average molecular weight is 188 g/mol. The summed E-state index contributed by atoms with van der Waals surface area (Å²) in [5.74, 6) is 0.714. The molecule has 0 fully saturated rings. The van der Waals surface area contributed by atoms with Crippen LogP contribution in [0.3, 0.4) is 0 Å². The highest BCUT2D eigenvalue weighted by Gasteiger charge is 2.03. The van der Waals surface area contributed by atoms with Gasteiger partial charge in [0.05, 0.1) is 0 Å². The lowest BCUT2D eigenvalue weighted by Crippen LogP contribution is -1.93. The van der Waals surface area contributed by atoms with Crippen molar-refractivity contribution in [2.45, 2.75) is 6.92 Å². The molecule has 0 aliphatic heterocycles. The third-order valence-electron chi connectivity index (χ3n) is 1.93. The van der Waals surface area contributed by atoms with Crippen molar-refractivity contribution in [1.29, 1.82) is 0 Å². The van der Waals surface area contributed by atoms with E-state index in [4.69, 9.17) is 4.52 Å². The van der Waals surface area contributed by atoms with Gasteiger partial charge in [-0.05, 0) is 6.92 Å². The third-order valence-corrected chi connectivity index (χ3v) is 1.93. The number of nitrogens with zero attached hydrogens (tertiary/aromatic N) is 1. The summed E-state index contributed by atoms with van der Waals surface area (Å²) in [6.07, 6.45) is 0. The number of rotatable bonds is 3. The third kappa shape index (κ3) is 1.76. The highest BCUT2D eigenvalue weighted by atomic mass is 16.5. The molecule has 0 saturated carbocycles. The highest BCUT2D eigenvalue weighted by molar-refractivity contribution is 5.61. The van der Waals surface area contributed by atoms with Crippen LogP contribution in [0.1, 0.15) is 6.92 Å². The van der Waals surface area contributed by atoms with Crippen LogP contribution in [-0.4, -0.2) is 11.7 Å². The SMILES string of the molecule is CCNc1cc(-c2ccccc2)no1. The first kappa shape index (κ1) is 8.81. The molecule has 0 amide bonds. The Hall–Kier alpha value is -1.77. The smallest absolute Gasteiger partial charge is 0.225 e. The normalized spacial score (nSPS) is 10.1. The summed E-state index contributed by atoms with van der Waals surface area (Å²) in [5, 5.41) is 7.04. The van der Waals surface area contributed by atoms with Gasteiger partial charge in [0.1, 0.15) is 5.69 Å². The molecule has 1 heterocycles. The predicted octanol–water partition coefficient (Wildman–Crippen LogP) is 2.77. The van der Waals surface area contributed by atoms with E-state index in [2.05, 4.69) is 10.5 Å². The lowest BCUT2D eigenvalue weighted by atomic mass is 10.2. The van der Waals surface area contributed by atoms with Crippen molar-refractivity contribution >= 4 is 5.88 Å². The molecule has 1 N–H and O–H groups in total. The molecule has 0 unspecified atom stereocenters. The van der Waals surface area contributed by atoms with Crippen molar-refractivity contribution in [3.8, 4) is 11.3 Å². The van der Waals surface area contributed by atoms with Crippen molar-refractivity contribution in [1.82, 2.24) is 5.16 Å². The first-order valence-corrected chi connectivity index (χ1v) is 4.66. The molecule has 1 aromatic carbocycles. The van der Waals surface area contributed by atoms with Crippen molar-refractivity contribution in [3.63, 3.8) is 0 Å². The minimum atomic E-state index is 0.714. The second-order valence-corrected chi connectivity index (χ2v) is 2.97. The van der Waals surface area contributed by atoms with E-state index in [1.165, 1.54) is 0 Å². The molecule has 3 nitrogen and oxygen atoms in total. The Bertz CT molecular complexity index is 395. The molecular formula is C11H12N2O. The van der Waals surface area contributed by atoms with E-state index in [0.29, 0.717) is 5.88 Å². The number of hydrogen-bond donors (Lipinski definition) is 1. The quantitative estimate of drug-likeness (QED) is 0.804. The molecule has 2 rings (SSSR count). The topological polar surface area (TPSA) is 38.1 Å². The van der Waals surface area contributed by atoms with Crippen LogP contribution in [0.4, 0.5) is 5.88 Å². The lowest BCUT2D eigenvalue weighted by molar-refractivity contribution is 0.435. The number of aromatic nitrogens is 1.